The van der Waals surface area contributed by atoms with Crippen LogP contribution >= 0.6 is 16.8 Å². The summed E-state index contributed by atoms with van der Waals surface area (Å²) in [6.45, 7) is 0.867. The molecule has 3 atom stereocenters. The van der Waals surface area contributed by atoms with Gasteiger partial charge in [-0.2, -0.15) is 0 Å². The largest absolute Gasteiger partial charge is 0.493 e. The number of ether oxygens (including phenoxy) is 2. The smallest absolute Gasteiger partial charge is 0.356 e. The Kier molecular flexibility index (Phi) is 11.9. The summed E-state index contributed by atoms with van der Waals surface area (Å²) in [4.78, 5) is 59.5. The molecule has 1 aliphatic heterocycles. The number of hydrogen-bond acceptors (Lipinski definition) is 6. The van der Waals surface area contributed by atoms with Gasteiger partial charge >= 0.3 is 7.60 Å². The number of carbonyl (C=O) groups excluding carboxylic acids is 3. The average Bonchev–Trinajstić information content (AvgIpc) is 3.25. The van der Waals surface area contributed by atoms with E-state index >= 15 is 0 Å². The van der Waals surface area contributed by atoms with Gasteiger partial charge in [-0.1, -0.05) is 61.7 Å². The molecule has 0 radical (unpaired) electrons. The van der Waals surface area contributed by atoms with Crippen molar-refractivity contribution in [3.8, 4) is 11.5 Å². The predicted molar refractivity (Wildman–Crippen MR) is 186 cm³/mol. The van der Waals surface area contributed by atoms with Crippen LogP contribution in [-0.2, 0) is 27.0 Å². The van der Waals surface area contributed by atoms with Gasteiger partial charge in [-0.3, -0.25) is 18.9 Å². The van der Waals surface area contributed by atoms with Gasteiger partial charge in [-0.25, -0.2) is 0 Å². The van der Waals surface area contributed by atoms with E-state index in [4.69, 9.17) is 15.2 Å². The lowest BCUT2D eigenvalue weighted by atomic mass is 9.90. The van der Waals surface area contributed by atoms with E-state index in [9.17, 15) is 28.7 Å². The lowest BCUT2D eigenvalue weighted by molar-refractivity contribution is -0.129. The highest BCUT2D eigenvalue weighted by atomic mass is 31.2. The molecule has 1 unspecified atom stereocenters. The first kappa shape index (κ1) is 35.6. The lowest BCUT2D eigenvalue weighted by Gasteiger charge is -2.25. The highest BCUT2D eigenvalue weighted by molar-refractivity contribution is 7.61. The minimum atomic E-state index is -4.59. The first-order valence-electron chi connectivity index (χ1n) is 16.3. The third-order valence-electron chi connectivity index (χ3n) is 8.87. The molecule has 6 N–H and O–H groups in total. The van der Waals surface area contributed by atoms with Crippen LogP contribution in [0.3, 0.4) is 0 Å². The Morgan fingerprint density at radius 1 is 0.979 bits per heavy atom. The molecule has 0 aromatic heterocycles. The second-order valence-corrected chi connectivity index (χ2v) is 14.7. The number of nitrogens with one attached hydrogen (secondary N) is 2. The third kappa shape index (κ3) is 9.44. The van der Waals surface area contributed by atoms with Crippen molar-refractivity contribution in [2.75, 3.05) is 13.2 Å². The number of carbonyl (C=O) groups is 3. The normalized spacial score (nSPS) is 17.3. The number of amides is 3. The number of fused-ring (bicyclic) bond motifs is 1. The fourth-order valence-electron chi connectivity index (χ4n) is 6.34. The minimum absolute atomic E-state index is 0.0269. The maximum atomic E-state index is 14.0. The number of benzene rings is 3. The Labute approximate surface area is 282 Å². The molecule has 11 nitrogen and oxygen atoms in total. The van der Waals surface area contributed by atoms with Crippen molar-refractivity contribution in [3.05, 3.63) is 82.9 Å². The summed E-state index contributed by atoms with van der Waals surface area (Å²) >= 11 is 0. The van der Waals surface area contributed by atoms with Gasteiger partial charge in [-0.05, 0) is 60.2 Å². The highest BCUT2D eigenvalue weighted by Crippen LogP contribution is 2.38. The van der Waals surface area contributed by atoms with Crippen molar-refractivity contribution in [1.29, 1.82) is 0 Å². The van der Waals surface area contributed by atoms with Crippen LogP contribution < -0.4 is 36.5 Å². The Balaban J connectivity index is 1.40. The van der Waals surface area contributed by atoms with Crippen molar-refractivity contribution >= 4 is 45.2 Å². The van der Waals surface area contributed by atoms with Gasteiger partial charge in [0.25, 0.3) is 5.91 Å². The lowest BCUT2D eigenvalue weighted by Crippen LogP contribution is -2.49. The van der Waals surface area contributed by atoms with Gasteiger partial charge in [0.1, 0.15) is 17.5 Å². The zero-order chi connectivity index (χ0) is 34.3. The molecule has 1 aliphatic carbocycles. The molecule has 256 valence electrons. The van der Waals surface area contributed by atoms with E-state index in [1.165, 1.54) is 12.5 Å². The van der Waals surface area contributed by atoms with E-state index in [1.807, 2.05) is 30.3 Å². The molecule has 3 aromatic carbocycles. The monoisotopic (exact) mass is 695 g/mol. The topological polar surface area (TPSA) is 177 Å². The van der Waals surface area contributed by atoms with Crippen molar-refractivity contribution in [3.63, 3.8) is 0 Å². The summed E-state index contributed by atoms with van der Waals surface area (Å²) in [5.74, 6) is -0.308. The standard InChI is InChI=1S/C35H43N3O8P2/c36-34(40)26-19-25-27(12-7-15-45-29(25)20-30(26)46-21-23-10-5-2-6-11-23)38-35(41)28(37-33(39)18-22-8-3-1-4-9-22)16-24-13-14-31(47)32(17-24)48(42,43)44/h1,3-4,8-9,13-14,17,19-20,23,27-28H,2,5-7,10-12,15-16,18,21,47H2,(H2,36,40)(H,37,39)(H,38,41)(H2,42,43,44)/t27-,28-/m0/s1. The van der Waals surface area contributed by atoms with Crippen molar-refractivity contribution in [1.82, 2.24) is 10.6 Å². The van der Waals surface area contributed by atoms with E-state index in [1.54, 1.807) is 24.3 Å². The summed E-state index contributed by atoms with van der Waals surface area (Å²) in [7, 11) is -2.29. The maximum Gasteiger partial charge on any atom is 0.356 e. The average molecular weight is 696 g/mol. The quantitative estimate of drug-likeness (QED) is 0.179. The van der Waals surface area contributed by atoms with Gasteiger partial charge < -0.3 is 35.6 Å². The first-order chi connectivity index (χ1) is 23.0. The maximum absolute atomic E-state index is 14.0. The number of rotatable bonds is 12. The van der Waals surface area contributed by atoms with E-state index < -0.39 is 31.5 Å². The van der Waals surface area contributed by atoms with Crippen LogP contribution in [0.15, 0.2) is 60.7 Å². The SMILES string of the molecule is NC(=O)c1cc2c(cc1OCC1CCCCC1)OCCC[C@@H]2NC(=O)[C@H](Cc1ccc(P)c(P(=O)(O)O)c1)NC(=O)Cc1ccccc1. The summed E-state index contributed by atoms with van der Waals surface area (Å²) in [5, 5.41) is 6.04. The second-order valence-electron chi connectivity index (χ2n) is 12.5. The number of nitrogens with two attached hydrogens (primary N) is 1. The first-order valence-corrected chi connectivity index (χ1v) is 18.5. The molecule has 0 spiro atoms. The molecular weight excluding hydrogens is 652 g/mol. The summed E-state index contributed by atoms with van der Waals surface area (Å²) in [6, 6.07) is 15.3. The molecule has 3 amide bonds. The number of hydrogen-bond donors (Lipinski definition) is 5. The molecule has 5 rings (SSSR count). The van der Waals surface area contributed by atoms with Crippen LogP contribution in [0, 0.1) is 5.92 Å². The molecule has 1 heterocycles. The van der Waals surface area contributed by atoms with Gasteiger partial charge in [0.05, 0.1) is 36.5 Å². The summed E-state index contributed by atoms with van der Waals surface area (Å²) < 4.78 is 24.3. The third-order valence-corrected chi connectivity index (χ3v) is 10.6. The van der Waals surface area contributed by atoms with Crippen LogP contribution in [0.2, 0.25) is 0 Å². The van der Waals surface area contributed by atoms with Crippen LogP contribution in [-0.4, -0.2) is 46.8 Å². The van der Waals surface area contributed by atoms with Crippen molar-refractivity contribution in [2.24, 2.45) is 11.7 Å². The number of primary amides is 1. The Hall–Kier alpha value is -3.75. The van der Waals surface area contributed by atoms with E-state index in [-0.39, 0.29) is 29.6 Å². The minimum Gasteiger partial charge on any atom is -0.493 e. The van der Waals surface area contributed by atoms with E-state index in [0.717, 1.165) is 31.2 Å². The molecule has 0 bridgehead atoms. The summed E-state index contributed by atoms with van der Waals surface area (Å²) in [5.41, 5.74) is 7.79. The van der Waals surface area contributed by atoms with Crippen LogP contribution in [0.4, 0.5) is 0 Å². The Morgan fingerprint density at radius 3 is 2.44 bits per heavy atom. The van der Waals surface area contributed by atoms with Gasteiger partial charge in [0, 0.05) is 18.1 Å². The van der Waals surface area contributed by atoms with Crippen molar-refractivity contribution < 1.29 is 38.2 Å². The Bertz CT molecular complexity index is 1670. The summed E-state index contributed by atoms with van der Waals surface area (Å²) in [6.07, 6.45) is 6.80. The zero-order valence-corrected chi connectivity index (χ0v) is 28.8. The van der Waals surface area contributed by atoms with Crippen LogP contribution in [0.25, 0.3) is 0 Å². The molecule has 2 aliphatic rings. The van der Waals surface area contributed by atoms with Crippen LogP contribution in [0.5, 0.6) is 11.5 Å². The van der Waals surface area contributed by atoms with Crippen molar-refractivity contribution in [2.45, 2.75) is 69.9 Å². The highest BCUT2D eigenvalue weighted by Gasteiger charge is 2.30. The molecule has 48 heavy (non-hydrogen) atoms. The van der Waals surface area contributed by atoms with Gasteiger partial charge in [-0.15, -0.1) is 9.24 Å². The fourth-order valence-corrected chi connectivity index (χ4v) is 7.76. The molecule has 0 saturated heterocycles. The Morgan fingerprint density at radius 2 is 1.73 bits per heavy atom. The predicted octanol–water partition coefficient (Wildman–Crippen LogP) is 3.35. The van der Waals surface area contributed by atoms with Gasteiger partial charge in [0.2, 0.25) is 11.8 Å². The molecular formula is C35H43N3O8P2. The zero-order valence-electron chi connectivity index (χ0n) is 26.7. The molecule has 13 heteroatoms. The molecule has 1 fully saturated rings. The second kappa shape index (κ2) is 16.1. The van der Waals surface area contributed by atoms with E-state index in [0.29, 0.717) is 59.9 Å². The van der Waals surface area contributed by atoms with Gasteiger partial charge in [0.15, 0.2) is 0 Å². The van der Waals surface area contributed by atoms with E-state index in [2.05, 4.69) is 19.9 Å². The molecule has 1 saturated carbocycles. The van der Waals surface area contributed by atoms with Crippen LogP contribution in [0.1, 0.15) is 78.0 Å². The fraction of sp³-hybridized carbons (Fsp3) is 0.400. The molecule has 3 aromatic rings.